The Morgan fingerprint density at radius 1 is 1.31 bits per heavy atom. The first kappa shape index (κ1) is 18.8. The summed E-state index contributed by atoms with van der Waals surface area (Å²) in [5, 5.41) is 6.19. The van der Waals surface area contributed by atoms with Crippen molar-refractivity contribution in [2.24, 2.45) is 0 Å². The van der Waals surface area contributed by atoms with Crippen molar-refractivity contribution in [1.82, 2.24) is 19.8 Å². The van der Waals surface area contributed by atoms with Crippen LogP contribution in [-0.2, 0) is 14.3 Å². The third-order valence-electron chi connectivity index (χ3n) is 5.55. The van der Waals surface area contributed by atoms with Crippen LogP contribution in [0.1, 0.15) is 49.0 Å². The van der Waals surface area contributed by atoms with Crippen LogP contribution in [0.4, 0.5) is 5.95 Å². The molecule has 1 amide bonds. The lowest BCUT2D eigenvalue weighted by Crippen LogP contribution is -2.38. The highest BCUT2D eigenvalue weighted by molar-refractivity contribution is 5.71. The molecular formula is C18H29N5O3. The van der Waals surface area contributed by atoms with E-state index in [0.717, 1.165) is 57.6 Å². The van der Waals surface area contributed by atoms with Crippen LogP contribution in [-0.4, -0.2) is 66.7 Å². The number of hydrogen-bond acceptors (Lipinski definition) is 6. The summed E-state index contributed by atoms with van der Waals surface area (Å²) in [5.41, 5.74) is 2.25. The van der Waals surface area contributed by atoms with Gasteiger partial charge >= 0.3 is 5.97 Å². The van der Waals surface area contributed by atoms with Gasteiger partial charge in [-0.2, -0.15) is 0 Å². The number of hydrogen-bond donors (Lipinski definition) is 2. The van der Waals surface area contributed by atoms with Crippen LogP contribution in [0.2, 0.25) is 0 Å². The fourth-order valence-electron chi connectivity index (χ4n) is 4.25. The van der Waals surface area contributed by atoms with E-state index in [1.54, 1.807) is 0 Å². The molecule has 0 atom stereocenters. The Balaban J connectivity index is 1.78. The predicted octanol–water partition coefficient (Wildman–Crippen LogP) is 1.04. The number of esters is 1. The summed E-state index contributed by atoms with van der Waals surface area (Å²) in [6, 6.07) is 0.364. The Kier molecular flexibility index (Phi) is 6.26. The highest BCUT2D eigenvalue weighted by atomic mass is 16.5. The molecule has 2 N–H and O–H groups in total. The van der Waals surface area contributed by atoms with Gasteiger partial charge in [-0.05, 0) is 58.8 Å². The van der Waals surface area contributed by atoms with E-state index < -0.39 is 0 Å². The number of imidazole rings is 1. The smallest absolute Gasteiger partial charge is 0.319 e. The van der Waals surface area contributed by atoms with E-state index in [9.17, 15) is 9.59 Å². The van der Waals surface area contributed by atoms with E-state index >= 15 is 0 Å². The second-order valence-corrected chi connectivity index (χ2v) is 7.15. The predicted molar refractivity (Wildman–Crippen MR) is 98.2 cm³/mol. The molecule has 0 saturated carbocycles. The lowest BCUT2D eigenvalue weighted by molar-refractivity contribution is -0.142. The van der Waals surface area contributed by atoms with Gasteiger partial charge in [0.25, 0.3) is 0 Å². The lowest BCUT2D eigenvalue weighted by atomic mass is 9.91. The highest BCUT2D eigenvalue weighted by Gasteiger charge is 2.30. The fraction of sp³-hybridized carbons (Fsp3) is 0.722. The monoisotopic (exact) mass is 363 g/mol. The molecule has 2 aliphatic heterocycles. The van der Waals surface area contributed by atoms with Crippen molar-refractivity contribution in [3.8, 4) is 0 Å². The molecule has 3 heterocycles. The summed E-state index contributed by atoms with van der Waals surface area (Å²) in [6.45, 7) is 6.09. The number of anilines is 1. The number of rotatable bonds is 6. The summed E-state index contributed by atoms with van der Waals surface area (Å²) in [6.07, 6.45) is 4.75. The van der Waals surface area contributed by atoms with Gasteiger partial charge in [-0.1, -0.05) is 0 Å². The van der Waals surface area contributed by atoms with E-state index in [1.165, 1.54) is 12.8 Å². The van der Waals surface area contributed by atoms with Gasteiger partial charge in [0.2, 0.25) is 12.4 Å². The van der Waals surface area contributed by atoms with Gasteiger partial charge in [-0.3, -0.25) is 19.8 Å². The molecule has 3 rings (SSSR count). The summed E-state index contributed by atoms with van der Waals surface area (Å²) in [4.78, 5) is 29.3. The minimum atomic E-state index is -0.183. The van der Waals surface area contributed by atoms with E-state index in [0.29, 0.717) is 30.9 Å². The first-order valence-corrected chi connectivity index (χ1v) is 9.42. The zero-order chi connectivity index (χ0) is 18.5. The van der Waals surface area contributed by atoms with Crippen molar-refractivity contribution >= 4 is 18.3 Å². The first-order chi connectivity index (χ1) is 12.6. The molecule has 1 aromatic heterocycles. The third-order valence-corrected chi connectivity index (χ3v) is 5.55. The van der Waals surface area contributed by atoms with Gasteiger partial charge in [-0.15, -0.1) is 0 Å². The molecule has 26 heavy (non-hydrogen) atoms. The number of nitrogens with one attached hydrogen (secondary N) is 2. The van der Waals surface area contributed by atoms with Gasteiger partial charge in [0.1, 0.15) is 0 Å². The Hall–Kier alpha value is -1.93. The van der Waals surface area contributed by atoms with Crippen molar-refractivity contribution in [3.63, 3.8) is 0 Å². The quantitative estimate of drug-likeness (QED) is 0.580. The average Bonchev–Trinajstić information content (AvgIpc) is 2.99. The Morgan fingerprint density at radius 3 is 2.62 bits per heavy atom. The topological polar surface area (TPSA) is 88.5 Å². The van der Waals surface area contributed by atoms with Crippen LogP contribution >= 0.6 is 0 Å². The van der Waals surface area contributed by atoms with E-state index in [4.69, 9.17) is 4.74 Å². The standard InChI is InChI=1S/C18H29N5O3/c1-13-17(14-5-9-22(10-6-14)11-16(25)26-2)23(18(21-13)20-12-24)15-3-7-19-8-4-15/h12,14-15,19H,3-11H2,1-2H3,(H,20,21,24). The Bertz CT molecular complexity index is 631. The van der Waals surface area contributed by atoms with Crippen LogP contribution in [0.5, 0.6) is 0 Å². The van der Waals surface area contributed by atoms with Crippen molar-refractivity contribution in [1.29, 1.82) is 0 Å². The van der Waals surface area contributed by atoms with Crippen LogP contribution in [0.15, 0.2) is 0 Å². The van der Waals surface area contributed by atoms with Gasteiger partial charge in [-0.25, -0.2) is 4.98 Å². The van der Waals surface area contributed by atoms with E-state index in [2.05, 4.69) is 25.1 Å². The zero-order valence-corrected chi connectivity index (χ0v) is 15.7. The summed E-state index contributed by atoms with van der Waals surface area (Å²) in [7, 11) is 1.43. The number of amides is 1. The molecule has 8 nitrogen and oxygen atoms in total. The lowest BCUT2D eigenvalue weighted by Gasteiger charge is -2.34. The molecule has 0 bridgehead atoms. The van der Waals surface area contributed by atoms with Crippen molar-refractivity contribution in [3.05, 3.63) is 11.4 Å². The second kappa shape index (κ2) is 8.64. The molecule has 0 aliphatic carbocycles. The number of carbonyl (C=O) groups excluding carboxylic acids is 2. The number of ether oxygens (including phenoxy) is 1. The van der Waals surface area contributed by atoms with Gasteiger partial charge in [0.15, 0.2) is 0 Å². The van der Waals surface area contributed by atoms with E-state index in [-0.39, 0.29) is 5.97 Å². The number of likely N-dealkylation sites (tertiary alicyclic amines) is 1. The van der Waals surface area contributed by atoms with Crippen LogP contribution < -0.4 is 10.6 Å². The molecule has 0 aromatic carbocycles. The van der Waals surface area contributed by atoms with Gasteiger partial charge < -0.3 is 14.6 Å². The average molecular weight is 363 g/mol. The Morgan fingerprint density at radius 2 is 2.00 bits per heavy atom. The zero-order valence-electron chi connectivity index (χ0n) is 15.7. The highest BCUT2D eigenvalue weighted by Crippen LogP contribution is 2.36. The fourth-order valence-corrected chi connectivity index (χ4v) is 4.25. The van der Waals surface area contributed by atoms with E-state index in [1.807, 2.05) is 6.92 Å². The molecular weight excluding hydrogens is 334 g/mol. The first-order valence-electron chi connectivity index (χ1n) is 9.42. The van der Waals surface area contributed by atoms with Crippen LogP contribution in [0.25, 0.3) is 0 Å². The second-order valence-electron chi connectivity index (χ2n) is 7.15. The molecule has 144 valence electrons. The number of nitrogens with zero attached hydrogens (tertiary/aromatic N) is 3. The molecule has 2 fully saturated rings. The Labute approximate surface area is 154 Å². The maximum Gasteiger partial charge on any atom is 0.319 e. The summed E-state index contributed by atoms with van der Waals surface area (Å²) >= 11 is 0. The number of methoxy groups -OCH3 is 1. The summed E-state index contributed by atoms with van der Waals surface area (Å²) < 4.78 is 7.04. The van der Waals surface area contributed by atoms with Crippen LogP contribution in [0, 0.1) is 6.92 Å². The maximum atomic E-state index is 11.5. The molecule has 0 radical (unpaired) electrons. The minimum Gasteiger partial charge on any atom is -0.468 e. The molecule has 0 spiro atoms. The minimum absolute atomic E-state index is 0.183. The van der Waals surface area contributed by atoms with Gasteiger partial charge in [0.05, 0.1) is 19.3 Å². The van der Waals surface area contributed by atoms with Crippen molar-refractivity contribution in [2.75, 3.05) is 45.2 Å². The molecule has 0 unspecified atom stereocenters. The third kappa shape index (κ3) is 4.07. The molecule has 1 aromatic rings. The molecule has 8 heteroatoms. The summed E-state index contributed by atoms with van der Waals surface area (Å²) in [5.74, 6) is 0.877. The SMILES string of the molecule is COC(=O)CN1CCC(c2c(C)nc(NC=O)n2C2CCNCC2)CC1. The van der Waals surface area contributed by atoms with Crippen LogP contribution in [0.3, 0.4) is 0 Å². The maximum absolute atomic E-state index is 11.5. The largest absolute Gasteiger partial charge is 0.468 e. The normalized spacial score (nSPS) is 20.1. The van der Waals surface area contributed by atoms with Crippen molar-refractivity contribution < 1.29 is 14.3 Å². The molecule has 2 aliphatic rings. The molecule has 2 saturated heterocycles. The number of carbonyl (C=O) groups is 2. The number of piperidine rings is 2. The van der Waals surface area contributed by atoms with Gasteiger partial charge in [0, 0.05) is 17.7 Å². The van der Waals surface area contributed by atoms with Crippen molar-refractivity contribution in [2.45, 2.75) is 44.6 Å². The number of aryl methyl sites for hydroxylation is 1. The number of aromatic nitrogens is 2.